The van der Waals surface area contributed by atoms with Gasteiger partial charge in [0.05, 0.1) is 0 Å². The van der Waals surface area contributed by atoms with Gasteiger partial charge in [0, 0.05) is 28.1 Å². The Morgan fingerprint density at radius 3 is 1.75 bits per heavy atom. The molecule has 3 aromatic rings. The summed E-state index contributed by atoms with van der Waals surface area (Å²) in [7, 11) is 0. The first-order valence-electron chi connectivity index (χ1n) is 15.2. The number of ether oxygens (including phenoxy) is 2. The molecule has 2 saturated carbocycles. The third kappa shape index (κ3) is 10.8. The summed E-state index contributed by atoms with van der Waals surface area (Å²) in [5.74, 6) is 2.04. The minimum Gasteiger partial charge on any atom is -0.444 e. The van der Waals surface area contributed by atoms with Crippen molar-refractivity contribution in [2.75, 3.05) is 13.1 Å². The molecule has 2 aliphatic carbocycles. The summed E-state index contributed by atoms with van der Waals surface area (Å²) in [5.41, 5.74) is 3.93. The summed E-state index contributed by atoms with van der Waals surface area (Å²) in [6.45, 7) is 12.5. The molecule has 4 unspecified atom stereocenters. The van der Waals surface area contributed by atoms with E-state index < -0.39 is 11.2 Å². The van der Waals surface area contributed by atoms with Crippen molar-refractivity contribution in [3.63, 3.8) is 0 Å². The first kappa shape index (κ1) is 33.9. The van der Waals surface area contributed by atoms with Gasteiger partial charge >= 0.3 is 12.2 Å². The van der Waals surface area contributed by atoms with Crippen LogP contribution in [0.1, 0.15) is 77.3 Å². The van der Waals surface area contributed by atoms with Crippen molar-refractivity contribution < 1.29 is 19.1 Å². The van der Waals surface area contributed by atoms with Gasteiger partial charge in [-0.05, 0) is 113 Å². The van der Waals surface area contributed by atoms with E-state index in [9.17, 15) is 9.59 Å². The molecule has 8 heteroatoms. The fourth-order valence-electron chi connectivity index (χ4n) is 5.19. The molecule has 2 amide bonds. The molecule has 6 nitrogen and oxygen atoms in total. The Labute approximate surface area is 275 Å². The third-order valence-electron chi connectivity index (χ3n) is 7.44. The van der Waals surface area contributed by atoms with Crippen LogP contribution < -0.4 is 10.6 Å². The number of alkyl carbamates (subject to hydrolysis) is 2. The number of rotatable bonds is 7. The summed E-state index contributed by atoms with van der Waals surface area (Å²) < 4.78 is 11.6. The highest BCUT2D eigenvalue weighted by atomic mass is 79.9. The van der Waals surface area contributed by atoms with Gasteiger partial charge < -0.3 is 20.1 Å². The van der Waals surface area contributed by atoms with Gasteiger partial charge in [0.15, 0.2) is 0 Å². The van der Waals surface area contributed by atoms with Crippen molar-refractivity contribution in [2.45, 2.75) is 77.4 Å². The molecule has 2 fully saturated rings. The number of nitrogens with one attached hydrogen (secondary N) is 2. The van der Waals surface area contributed by atoms with Gasteiger partial charge in [0.2, 0.25) is 0 Å². The maximum Gasteiger partial charge on any atom is 0.407 e. The lowest BCUT2D eigenvalue weighted by Crippen LogP contribution is -2.33. The van der Waals surface area contributed by atoms with Crippen molar-refractivity contribution in [1.29, 1.82) is 0 Å². The molecule has 0 radical (unpaired) electrons. The molecule has 0 aromatic heterocycles. The van der Waals surface area contributed by atoms with Crippen molar-refractivity contribution in [3.05, 3.63) is 93.4 Å². The number of hydrogen-bond donors (Lipinski definition) is 2. The van der Waals surface area contributed by atoms with Gasteiger partial charge in [-0.1, -0.05) is 82.1 Å². The average Bonchev–Trinajstić information content (AvgIpc) is 3.85. The smallest absolute Gasteiger partial charge is 0.407 e. The van der Waals surface area contributed by atoms with Crippen LogP contribution in [0.25, 0.3) is 11.1 Å². The first-order chi connectivity index (χ1) is 20.7. The van der Waals surface area contributed by atoms with Gasteiger partial charge in [0.1, 0.15) is 11.2 Å². The number of carbonyl (C=O) groups is 2. The molecule has 0 saturated heterocycles. The Morgan fingerprint density at radius 1 is 0.750 bits per heavy atom. The minimum absolute atomic E-state index is 0.326. The Bertz CT molecular complexity index is 1450. The molecule has 0 heterocycles. The summed E-state index contributed by atoms with van der Waals surface area (Å²) in [6.07, 6.45) is 1.55. The highest BCUT2D eigenvalue weighted by molar-refractivity contribution is 9.10. The zero-order valence-corrected chi connectivity index (χ0v) is 28.8. The normalized spacial score (nSPS) is 20.5. The van der Waals surface area contributed by atoms with Crippen LogP contribution in [0.4, 0.5) is 9.59 Å². The van der Waals surface area contributed by atoms with Crippen LogP contribution in [-0.2, 0) is 9.47 Å². The minimum atomic E-state index is -0.462. The largest absolute Gasteiger partial charge is 0.444 e. The van der Waals surface area contributed by atoms with Crippen molar-refractivity contribution in [2.24, 2.45) is 11.8 Å². The lowest BCUT2D eigenvalue weighted by Gasteiger charge is -2.19. The van der Waals surface area contributed by atoms with E-state index in [2.05, 4.69) is 69.0 Å². The molecule has 0 spiro atoms. The number of hydrogen-bond acceptors (Lipinski definition) is 4. The monoisotopic (exact) mass is 682 g/mol. The number of carbonyl (C=O) groups excluding carboxylic acids is 2. The Balaban J connectivity index is 0.000000209. The Hall–Kier alpha value is -3.03. The highest BCUT2D eigenvalue weighted by Crippen LogP contribution is 2.48. The lowest BCUT2D eigenvalue weighted by molar-refractivity contribution is 0.0513. The van der Waals surface area contributed by atoms with E-state index in [-0.39, 0.29) is 12.2 Å². The quantitative estimate of drug-likeness (QED) is 0.260. The first-order valence-corrected chi connectivity index (χ1v) is 16.4. The van der Waals surface area contributed by atoms with Gasteiger partial charge in [-0.25, -0.2) is 9.59 Å². The van der Waals surface area contributed by atoms with Crippen LogP contribution in [0, 0.1) is 11.8 Å². The predicted octanol–water partition coefficient (Wildman–Crippen LogP) is 9.71. The molecule has 2 aliphatic rings. The molecular weight excluding hydrogens is 640 g/mol. The molecular formula is C36H44BrClN2O4. The van der Waals surface area contributed by atoms with Crippen LogP contribution in [0.15, 0.2) is 77.3 Å². The van der Waals surface area contributed by atoms with Gasteiger partial charge in [0.25, 0.3) is 0 Å². The third-order valence-corrected chi connectivity index (χ3v) is 8.26. The number of benzene rings is 3. The molecule has 0 aliphatic heterocycles. The van der Waals surface area contributed by atoms with E-state index in [1.165, 1.54) is 11.1 Å². The van der Waals surface area contributed by atoms with E-state index in [0.717, 1.165) is 33.5 Å². The van der Waals surface area contributed by atoms with Crippen LogP contribution in [-0.4, -0.2) is 36.5 Å². The summed E-state index contributed by atoms with van der Waals surface area (Å²) in [6, 6.07) is 24.8. The predicted molar refractivity (Wildman–Crippen MR) is 181 cm³/mol. The van der Waals surface area contributed by atoms with Gasteiger partial charge in [-0.15, -0.1) is 0 Å². The maximum atomic E-state index is 11.8. The molecule has 2 N–H and O–H groups in total. The van der Waals surface area contributed by atoms with E-state index in [4.69, 9.17) is 21.1 Å². The zero-order chi connectivity index (χ0) is 32.1. The van der Waals surface area contributed by atoms with Crippen molar-refractivity contribution in [1.82, 2.24) is 10.6 Å². The number of amides is 2. The molecule has 236 valence electrons. The maximum absolute atomic E-state index is 11.8. The average molecular weight is 684 g/mol. The molecule has 0 bridgehead atoms. The standard InChI is InChI=1S/C21H24ClNO2.C15H20BrNO2/c1-21(2,3)25-20(24)23-13-16-12-18(16)15-8-6-7-14(11-15)17-9-4-5-10-19(17)22;1-15(2,3)19-14(18)17-9-11-8-13(11)10-5-4-6-12(16)7-10/h4-11,16,18H,12-13H2,1-3H3,(H,23,24);4-7,11,13H,8-9H2,1-3H3,(H,17,18). The van der Waals surface area contributed by atoms with E-state index in [0.29, 0.717) is 36.8 Å². The van der Waals surface area contributed by atoms with E-state index >= 15 is 0 Å². The zero-order valence-electron chi connectivity index (χ0n) is 26.5. The second-order valence-corrected chi connectivity index (χ2v) is 15.0. The molecule has 3 aromatic carbocycles. The second kappa shape index (κ2) is 14.4. The molecule has 5 rings (SSSR count). The fraction of sp³-hybridized carbons (Fsp3) is 0.444. The van der Waals surface area contributed by atoms with Crippen molar-refractivity contribution >= 4 is 39.7 Å². The summed E-state index contributed by atoms with van der Waals surface area (Å²) in [4.78, 5) is 23.3. The van der Waals surface area contributed by atoms with Crippen LogP contribution >= 0.6 is 27.5 Å². The summed E-state index contributed by atoms with van der Waals surface area (Å²) >= 11 is 9.79. The molecule has 4 atom stereocenters. The van der Waals surface area contributed by atoms with E-state index in [1.807, 2.05) is 71.9 Å². The Morgan fingerprint density at radius 2 is 1.25 bits per heavy atom. The van der Waals surface area contributed by atoms with Gasteiger partial charge in [-0.2, -0.15) is 0 Å². The topological polar surface area (TPSA) is 76.7 Å². The number of halogens is 2. The van der Waals surface area contributed by atoms with Crippen molar-refractivity contribution in [3.8, 4) is 11.1 Å². The van der Waals surface area contributed by atoms with E-state index in [1.54, 1.807) is 0 Å². The second-order valence-electron chi connectivity index (χ2n) is 13.6. The SMILES string of the molecule is CC(C)(C)OC(=O)NCC1CC1c1cccc(-c2ccccc2Cl)c1.CC(C)(C)OC(=O)NCC1CC1c1cccc(Br)c1. The van der Waals surface area contributed by atoms with Crippen LogP contribution in [0.3, 0.4) is 0 Å². The van der Waals surface area contributed by atoms with Gasteiger partial charge in [-0.3, -0.25) is 0 Å². The highest BCUT2D eigenvalue weighted by Gasteiger charge is 2.39. The fourth-order valence-corrected chi connectivity index (χ4v) is 5.85. The lowest BCUT2D eigenvalue weighted by atomic mass is 10.0. The van der Waals surface area contributed by atoms with Crippen LogP contribution in [0.2, 0.25) is 5.02 Å². The molecule has 44 heavy (non-hydrogen) atoms. The van der Waals surface area contributed by atoms with Crippen LogP contribution in [0.5, 0.6) is 0 Å². The Kier molecular flexibility index (Phi) is 11.1. The summed E-state index contributed by atoms with van der Waals surface area (Å²) in [5, 5.41) is 6.48.